The second-order valence-corrected chi connectivity index (χ2v) is 7.65. The highest BCUT2D eigenvalue weighted by Crippen LogP contribution is 2.26. The molecule has 7 nitrogen and oxygen atoms in total. The predicted molar refractivity (Wildman–Crippen MR) is 112 cm³/mol. The van der Waals surface area contributed by atoms with Crippen molar-refractivity contribution in [2.24, 2.45) is 5.73 Å². The molecule has 4 N–H and O–H groups in total. The molecule has 1 aromatic heterocycles. The number of aromatic nitrogens is 1. The molecule has 3 aromatic rings. The van der Waals surface area contributed by atoms with Crippen molar-refractivity contribution in [3.63, 3.8) is 0 Å². The number of hydrogen-bond acceptors (Lipinski definition) is 5. The highest BCUT2D eigenvalue weighted by molar-refractivity contribution is 6.06. The van der Waals surface area contributed by atoms with Gasteiger partial charge in [0, 0.05) is 42.3 Å². The van der Waals surface area contributed by atoms with Crippen LogP contribution in [-0.4, -0.2) is 34.9 Å². The maximum Gasteiger partial charge on any atom is 0.356 e. The van der Waals surface area contributed by atoms with E-state index in [0.717, 1.165) is 35.0 Å². The fourth-order valence-corrected chi connectivity index (χ4v) is 4.22. The van der Waals surface area contributed by atoms with Crippen LogP contribution in [0.2, 0.25) is 0 Å². The van der Waals surface area contributed by atoms with E-state index in [-0.39, 0.29) is 18.5 Å². The number of H-pyrrole nitrogens is 1. The summed E-state index contributed by atoms with van der Waals surface area (Å²) in [6.45, 7) is 1.93. The van der Waals surface area contributed by atoms with E-state index in [1.165, 1.54) is 5.56 Å². The van der Waals surface area contributed by atoms with Gasteiger partial charge in [0.05, 0.1) is 5.70 Å². The van der Waals surface area contributed by atoms with Crippen LogP contribution < -0.4 is 11.1 Å². The van der Waals surface area contributed by atoms with Crippen molar-refractivity contribution >= 4 is 22.8 Å². The summed E-state index contributed by atoms with van der Waals surface area (Å²) >= 11 is 0. The van der Waals surface area contributed by atoms with Gasteiger partial charge in [-0.1, -0.05) is 24.3 Å². The number of carbonyl (C=O) groups excluding carboxylic acids is 2. The first-order valence-electron chi connectivity index (χ1n) is 9.96. The summed E-state index contributed by atoms with van der Waals surface area (Å²) in [4.78, 5) is 29.8. The zero-order valence-corrected chi connectivity index (χ0v) is 16.4. The Labute approximate surface area is 173 Å². The fraction of sp³-hybridized carbons (Fsp3) is 0.217. The van der Waals surface area contributed by atoms with Gasteiger partial charge in [-0.3, -0.25) is 4.79 Å². The molecule has 0 bridgehead atoms. The molecule has 7 heteroatoms. The quantitative estimate of drug-likeness (QED) is 0.581. The number of esters is 1. The Morgan fingerprint density at radius 2 is 2.10 bits per heavy atom. The minimum Gasteiger partial charge on any atom is -0.454 e. The first-order valence-corrected chi connectivity index (χ1v) is 9.96. The standard InChI is InChI=1S/C23H22N4O3/c24-19-13-30-23(29)21(19)27-9-7-15-5-4-14(10-16(15)12-27)11-26-22(28)18-2-1-3-20-17(18)6-8-25-20/h1-6,8,10,25H,7,9,11-13,24H2,(H,26,28). The summed E-state index contributed by atoms with van der Waals surface area (Å²) in [6, 6.07) is 13.8. The molecule has 2 aliphatic heterocycles. The van der Waals surface area contributed by atoms with E-state index in [9.17, 15) is 9.59 Å². The molecule has 0 radical (unpaired) electrons. The van der Waals surface area contributed by atoms with Crippen LogP contribution in [0.25, 0.3) is 10.9 Å². The van der Waals surface area contributed by atoms with Gasteiger partial charge in [-0.05, 0) is 41.3 Å². The van der Waals surface area contributed by atoms with Crippen LogP contribution in [0.1, 0.15) is 27.0 Å². The summed E-state index contributed by atoms with van der Waals surface area (Å²) in [5.74, 6) is -0.454. The van der Waals surface area contributed by atoms with Crippen LogP contribution in [-0.2, 0) is 29.0 Å². The Hall–Kier alpha value is -3.74. The second kappa shape index (κ2) is 7.26. The van der Waals surface area contributed by atoms with Crippen LogP contribution in [0.4, 0.5) is 0 Å². The predicted octanol–water partition coefficient (Wildman–Crippen LogP) is 2.18. The van der Waals surface area contributed by atoms with Gasteiger partial charge in [-0.15, -0.1) is 0 Å². The topological polar surface area (TPSA) is 100 Å². The molecule has 0 fully saturated rings. The average Bonchev–Trinajstić information content (AvgIpc) is 3.37. The van der Waals surface area contributed by atoms with Crippen molar-refractivity contribution in [1.82, 2.24) is 15.2 Å². The molecule has 0 saturated heterocycles. The highest BCUT2D eigenvalue weighted by Gasteiger charge is 2.30. The number of ether oxygens (including phenoxy) is 1. The molecule has 2 aliphatic rings. The summed E-state index contributed by atoms with van der Waals surface area (Å²) in [6.07, 6.45) is 2.67. The number of fused-ring (bicyclic) bond motifs is 2. The second-order valence-electron chi connectivity index (χ2n) is 7.65. The number of nitrogens with zero attached hydrogens (tertiary/aromatic N) is 1. The van der Waals surface area contributed by atoms with Gasteiger partial charge in [0.1, 0.15) is 12.3 Å². The zero-order chi connectivity index (χ0) is 20.7. The molecule has 3 heterocycles. The molecule has 1 amide bonds. The van der Waals surface area contributed by atoms with Gasteiger partial charge >= 0.3 is 5.97 Å². The van der Waals surface area contributed by atoms with Crippen molar-refractivity contribution < 1.29 is 14.3 Å². The van der Waals surface area contributed by atoms with E-state index in [1.807, 2.05) is 41.4 Å². The van der Waals surface area contributed by atoms with Crippen molar-refractivity contribution in [1.29, 1.82) is 0 Å². The van der Waals surface area contributed by atoms with E-state index in [0.29, 0.717) is 30.0 Å². The lowest BCUT2D eigenvalue weighted by Crippen LogP contribution is -2.33. The number of aromatic amines is 1. The van der Waals surface area contributed by atoms with Crippen LogP contribution in [0.3, 0.4) is 0 Å². The summed E-state index contributed by atoms with van der Waals surface area (Å²) in [7, 11) is 0. The Bertz CT molecular complexity index is 1190. The first-order chi connectivity index (χ1) is 14.6. The number of nitrogens with two attached hydrogens (primary N) is 1. The molecule has 0 saturated carbocycles. The zero-order valence-electron chi connectivity index (χ0n) is 16.4. The smallest absolute Gasteiger partial charge is 0.356 e. The number of cyclic esters (lactones) is 1. The minimum atomic E-state index is -0.349. The molecule has 0 unspecified atom stereocenters. The van der Waals surface area contributed by atoms with Gasteiger partial charge in [-0.25, -0.2) is 4.79 Å². The van der Waals surface area contributed by atoms with Crippen LogP contribution in [0, 0.1) is 0 Å². The molecular weight excluding hydrogens is 380 g/mol. The van der Waals surface area contributed by atoms with E-state index in [2.05, 4.69) is 22.4 Å². The fourth-order valence-electron chi connectivity index (χ4n) is 4.22. The molecule has 152 valence electrons. The monoisotopic (exact) mass is 402 g/mol. The Kier molecular flexibility index (Phi) is 4.43. The minimum absolute atomic E-state index is 0.105. The number of nitrogens with one attached hydrogen (secondary N) is 2. The number of rotatable bonds is 4. The average molecular weight is 402 g/mol. The molecule has 0 aliphatic carbocycles. The Morgan fingerprint density at radius 1 is 1.20 bits per heavy atom. The molecule has 5 rings (SSSR count). The van der Waals surface area contributed by atoms with E-state index >= 15 is 0 Å². The Morgan fingerprint density at radius 3 is 2.93 bits per heavy atom. The molecule has 0 spiro atoms. The van der Waals surface area contributed by atoms with E-state index in [4.69, 9.17) is 10.5 Å². The summed E-state index contributed by atoms with van der Waals surface area (Å²) in [5.41, 5.74) is 11.9. The lowest BCUT2D eigenvalue weighted by molar-refractivity contribution is -0.137. The van der Waals surface area contributed by atoms with Gasteiger partial charge in [0.25, 0.3) is 5.91 Å². The largest absolute Gasteiger partial charge is 0.454 e. The van der Waals surface area contributed by atoms with Crippen LogP contribution in [0.15, 0.2) is 60.1 Å². The summed E-state index contributed by atoms with van der Waals surface area (Å²) in [5, 5.41) is 3.92. The third-order valence-corrected chi connectivity index (χ3v) is 5.75. The SMILES string of the molecule is NC1=C(N2CCc3ccc(CNC(=O)c4cccc5[nH]ccc45)cc3C2)C(=O)OC1. The third-order valence-electron chi connectivity index (χ3n) is 5.75. The van der Waals surface area contributed by atoms with Crippen molar-refractivity contribution in [3.8, 4) is 0 Å². The number of carbonyl (C=O) groups is 2. The highest BCUT2D eigenvalue weighted by atomic mass is 16.5. The van der Waals surface area contributed by atoms with Crippen molar-refractivity contribution in [2.75, 3.05) is 13.2 Å². The van der Waals surface area contributed by atoms with E-state index < -0.39 is 0 Å². The lowest BCUT2D eigenvalue weighted by atomic mass is 9.96. The van der Waals surface area contributed by atoms with Crippen molar-refractivity contribution in [3.05, 3.63) is 82.3 Å². The lowest BCUT2D eigenvalue weighted by Gasteiger charge is -2.30. The van der Waals surface area contributed by atoms with Gasteiger partial charge in [0.2, 0.25) is 0 Å². The van der Waals surface area contributed by atoms with Gasteiger partial charge in [-0.2, -0.15) is 0 Å². The molecule has 30 heavy (non-hydrogen) atoms. The maximum atomic E-state index is 12.7. The number of amides is 1. The Balaban J connectivity index is 1.31. The van der Waals surface area contributed by atoms with Crippen molar-refractivity contribution in [2.45, 2.75) is 19.5 Å². The van der Waals surface area contributed by atoms with Gasteiger partial charge < -0.3 is 25.7 Å². The summed E-state index contributed by atoms with van der Waals surface area (Å²) < 4.78 is 5.04. The molecule has 0 atom stereocenters. The molecular formula is C23H22N4O3. The number of hydrogen-bond donors (Lipinski definition) is 3. The third kappa shape index (κ3) is 3.18. The van der Waals surface area contributed by atoms with Gasteiger partial charge in [0.15, 0.2) is 0 Å². The normalized spacial score (nSPS) is 16.0. The molecule has 2 aromatic carbocycles. The van der Waals surface area contributed by atoms with Crippen LogP contribution >= 0.6 is 0 Å². The number of benzene rings is 2. The van der Waals surface area contributed by atoms with Crippen LogP contribution in [0.5, 0.6) is 0 Å². The van der Waals surface area contributed by atoms with E-state index in [1.54, 1.807) is 0 Å². The maximum absolute atomic E-state index is 12.7. The first kappa shape index (κ1) is 18.3.